The lowest BCUT2D eigenvalue weighted by Crippen LogP contribution is -2.34. The van der Waals surface area contributed by atoms with E-state index in [1.54, 1.807) is 26.1 Å². The summed E-state index contributed by atoms with van der Waals surface area (Å²) in [6, 6.07) is 5.84. The van der Waals surface area contributed by atoms with E-state index in [-0.39, 0.29) is 11.3 Å². The summed E-state index contributed by atoms with van der Waals surface area (Å²) in [4.78, 5) is 13.5. The van der Waals surface area contributed by atoms with Crippen LogP contribution in [0.25, 0.3) is 0 Å². The molecule has 4 nitrogen and oxygen atoms in total. The second-order valence-electron chi connectivity index (χ2n) is 5.62. The Morgan fingerprint density at radius 3 is 2.47 bits per heavy atom. The van der Waals surface area contributed by atoms with Crippen LogP contribution in [0.15, 0.2) is 18.2 Å². The van der Waals surface area contributed by atoms with Crippen molar-refractivity contribution >= 4 is 11.6 Å². The molecule has 0 bridgehead atoms. The Morgan fingerprint density at radius 1 is 1.37 bits per heavy atom. The van der Waals surface area contributed by atoms with Gasteiger partial charge in [-0.3, -0.25) is 4.79 Å². The quantitative estimate of drug-likeness (QED) is 0.906. The summed E-state index contributed by atoms with van der Waals surface area (Å²) in [6.45, 7) is 6.71. The molecule has 0 aromatic heterocycles. The molecule has 0 saturated carbocycles. The Balaban J connectivity index is 3.15. The maximum absolute atomic E-state index is 11.9. The molecule has 1 aromatic rings. The molecule has 1 aromatic carbocycles. The first-order valence-electron chi connectivity index (χ1n) is 6.41. The van der Waals surface area contributed by atoms with Crippen molar-refractivity contribution in [3.05, 3.63) is 23.8 Å². The van der Waals surface area contributed by atoms with Gasteiger partial charge in [0.25, 0.3) is 0 Å². The molecule has 4 heteroatoms. The van der Waals surface area contributed by atoms with Crippen LogP contribution in [-0.2, 0) is 10.2 Å². The SMILES string of the molecule is CNCC(=O)N(C)c1ccc(OC)c(C(C)(C)C)c1. The topological polar surface area (TPSA) is 41.6 Å². The first kappa shape index (κ1) is 15.5. The van der Waals surface area contributed by atoms with Gasteiger partial charge in [-0.2, -0.15) is 0 Å². The van der Waals surface area contributed by atoms with E-state index in [1.165, 1.54) is 0 Å². The lowest BCUT2D eigenvalue weighted by Gasteiger charge is -2.25. The Bertz CT molecular complexity index is 450. The third kappa shape index (κ3) is 3.70. The van der Waals surface area contributed by atoms with E-state index in [0.717, 1.165) is 17.0 Å². The molecule has 0 saturated heterocycles. The van der Waals surface area contributed by atoms with E-state index in [1.807, 2.05) is 18.2 Å². The monoisotopic (exact) mass is 264 g/mol. The number of rotatable bonds is 4. The summed E-state index contributed by atoms with van der Waals surface area (Å²) >= 11 is 0. The van der Waals surface area contributed by atoms with Gasteiger partial charge in [0.05, 0.1) is 13.7 Å². The molecule has 0 atom stereocenters. The third-order valence-electron chi connectivity index (χ3n) is 3.08. The van der Waals surface area contributed by atoms with Crippen molar-refractivity contribution in [1.29, 1.82) is 0 Å². The Morgan fingerprint density at radius 2 is 2.00 bits per heavy atom. The van der Waals surface area contributed by atoms with Gasteiger partial charge in [-0.05, 0) is 30.7 Å². The van der Waals surface area contributed by atoms with Crippen molar-refractivity contribution < 1.29 is 9.53 Å². The predicted molar refractivity (Wildman–Crippen MR) is 79.0 cm³/mol. The summed E-state index contributed by atoms with van der Waals surface area (Å²) in [5, 5.41) is 2.87. The van der Waals surface area contributed by atoms with Crippen LogP contribution in [0.1, 0.15) is 26.3 Å². The Hall–Kier alpha value is -1.55. The smallest absolute Gasteiger partial charge is 0.240 e. The van der Waals surface area contributed by atoms with E-state index >= 15 is 0 Å². The fourth-order valence-corrected chi connectivity index (χ4v) is 1.90. The summed E-state index contributed by atoms with van der Waals surface area (Å²) < 4.78 is 5.40. The molecule has 1 amide bonds. The number of methoxy groups -OCH3 is 1. The largest absolute Gasteiger partial charge is 0.496 e. The van der Waals surface area contributed by atoms with E-state index in [2.05, 4.69) is 26.1 Å². The minimum Gasteiger partial charge on any atom is -0.496 e. The number of hydrogen-bond acceptors (Lipinski definition) is 3. The van der Waals surface area contributed by atoms with Crippen molar-refractivity contribution in [3.63, 3.8) is 0 Å². The number of anilines is 1. The van der Waals surface area contributed by atoms with Crippen LogP contribution in [0.5, 0.6) is 5.75 Å². The minimum absolute atomic E-state index is 0.0335. The molecule has 0 radical (unpaired) electrons. The molecule has 0 fully saturated rings. The van der Waals surface area contributed by atoms with Gasteiger partial charge >= 0.3 is 0 Å². The maximum Gasteiger partial charge on any atom is 0.240 e. The maximum atomic E-state index is 11.9. The van der Waals surface area contributed by atoms with Gasteiger partial charge in [-0.15, -0.1) is 0 Å². The zero-order chi connectivity index (χ0) is 14.6. The van der Waals surface area contributed by atoms with E-state index < -0.39 is 0 Å². The van der Waals surface area contributed by atoms with Crippen LogP contribution in [-0.4, -0.2) is 33.7 Å². The highest BCUT2D eigenvalue weighted by atomic mass is 16.5. The number of likely N-dealkylation sites (N-methyl/N-ethyl adjacent to an activating group) is 2. The highest BCUT2D eigenvalue weighted by Crippen LogP contribution is 2.34. The van der Waals surface area contributed by atoms with Gasteiger partial charge in [0, 0.05) is 18.3 Å². The number of ether oxygens (including phenoxy) is 1. The zero-order valence-electron chi connectivity index (χ0n) is 12.7. The van der Waals surface area contributed by atoms with Crippen LogP contribution in [0.2, 0.25) is 0 Å². The molecule has 0 unspecified atom stereocenters. The van der Waals surface area contributed by atoms with Gasteiger partial charge in [0.1, 0.15) is 5.75 Å². The van der Waals surface area contributed by atoms with Gasteiger partial charge < -0.3 is 15.0 Å². The lowest BCUT2D eigenvalue weighted by molar-refractivity contribution is -0.117. The van der Waals surface area contributed by atoms with Crippen molar-refractivity contribution in [2.45, 2.75) is 26.2 Å². The first-order valence-corrected chi connectivity index (χ1v) is 6.41. The van der Waals surface area contributed by atoms with Gasteiger partial charge in [-0.1, -0.05) is 20.8 Å². The van der Waals surface area contributed by atoms with E-state index in [9.17, 15) is 4.79 Å². The molecular formula is C15H24N2O2. The Labute approximate surface area is 115 Å². The minimum atomic E-state index is -0.0335. The van der Waals surface area contributed by atoms with Crippen molar-refractivity contribution in [3.8, 4) is 5.75 Å². The summed E-state index contributed by atoms with van der Waals surface area (Å²) in [5.41, 5.74) is 1.94. The normalized spacial score (nSPS) is 11.3. The average Bonchev–Trinajstić information content (AvgIpc) is 2.36. The first-order chi connectivity index (χ1) is 8.81. The highest BCUT2D eigenvalue weighted by Gasteiger charge is 2.21. The molecule has 0 spiro atoms. The molecule has 0 aliphatic heterocycles. The average molecular weight is 264 g/mol. The second-order valence-corrected chi connectivity index (χ2v) is 5.62. The molecular weight excluding hydrogens is 240 g/mol. The van der Waals surface area contributed by atoms with Crippen LogP contribution in [0, 0.1) is 0 Å². The molecule has 1 N–H and O–H groups in total. The van der Waals surface area contributed by atoms with Crippen LogP contribution in [0.3, 0.4) is 0 Å². The van der Waals surface area contributed by atoms with Crippen molar-refractivity contribution in [1.82, 2.24) is 5.32 Å². The van der Waals surface area contributed by atoms with E-state index in [4.69, 9.17) is 4.74 Å². The van der Waals surface area contributed by atoms with Crippen molar-refractivity contribution in [2.75, 3.05) is 32.6 Å². The standard InChI is InChI=1S/C15H24N2O2/c1-15(2,3)12-9-11(7-8-13(12)19-6)17(5)14(18)10-16-4/h7-9,16H,10H2,1-6H3. The number of amides is 1. The van der Waals surface area contributed by atoms with Crippen LogP contribution >= 0.6 is 0 Å². The van der Waals surface area contributed by atoms with Crippen LogP contribution < -0.4 is 15.0 Å². The number of benzene rings is 1. The second kappa shape index (κ2) is 6.06. The summed E-state index contributed by atoms with van der Waals surface area (Å²) in [7, 11) is 5.22. The number of carbonyl (C=O) groups is 1. The lowest BCUT2D eigenvalue weighted by atomic mass is 9.86. The van der Waals surface area contributed by atoms with Crippen LogP contribution in [0.4, 0.5) is 5.69 Å². The highest BCUT2D eigenvalue weighted by molar-refractivity contribution is 5.94. The van der Waals surface area contributed by atoms with Gasteiger partial charge in [0.15, 0.2) is 0 Å². The fourth-order valence-electron chi connectivity index (χ4n) is 1.90. The summed E-state index contributed by atoms with van der Waals surface area (Å²) in [6.07, 6.45) is 0. The summed E-state index contributed by atoms with van der Waals surface area (Å²) in [5.74, 6) is 0.887. The van der Waals surface area contributed by atoms with Crippen molar-refractivity contribution in [2.24, 2.45) is 0 Å². The molecule has 19 heavy (non-hydrogen) atoms. The fraction of sp³-hybridized carbons (Fsp3) is 0.533. The predicted octanol–water partition coefficient (Wildman–Crippen LogP) is 2.17. The molecule has 0 aliphatic carbocycles. The Kier molecular flexibility index (Phi) is 4.95. The van der Waals surface area contributed by atoms with E-state index in [0.29, 0.717) is 6.54 Å². The number of carbonyl (C=O) groups excluding carboxylic acids is 1. The molecule has 0 aliphatic rings. The zero-order valence-corrected chi connectivity index (χ0v) is 12.7. The molecule has 0 heterocycles. The number of hydrogen-bond donors (Lipinski definition) is 1. The third-order valence-corrected chi connectivity index (χ3v) is 3.08. The molecule has 106 valence electrons. The number of nitrogens with zero attached hydrogens (tertiary/aromatic N) is 1. The van der Waals surface area contributed by atoms with Gasteiger partial charge in [0.2, 0.25) is 5.91 Å². The van der Waals surface area contributed by atoms with Gasteiger partial charge in [-0.25, -0.2) is 0 Å². The molecule has 1 rings (SSSR count). The number of nitrogens with one attached hydrogen (secondary N) is 1.